The van der Waals surface area contributed by atoms with E-state index in [1.165, 1.54) is 19.3 Å². The van der Waals surface area contributed by atoms with E-state index < -0.39 is 0 Å². The van der Waals surface area contributed by atoms with Crippen LogP contribution in [0.4, 0.5) is 0 Å². The highest BCUT2D eigenvalue weighted by atomic mass is 16.3. The molecule has 18 heavy (non-hydrogen) atoms. The summed E-state index contributed by atoms with van der Waals surface area (Å²) in [5, 5.41) is 12.1. The van der Waals surface area contributed by atoms with Crippen molar-refractivity contribution in [1.82, 2.24) is 10.4 Å². The number of aromatic hydroxyl groups is 1. The molecule has 1 aromatic carbocycles. The zero-order valence-electron chi connectivity index (χ0n) is 11.2. The van der Waals surface area contributed by atoms with Gasteiger partial charge in [-0.05, 0) is 38.8 Å². The van der Waals surface area contributed by atoms with Crippen molar-refractivity contribution in [1.29, 1.82) is 0 Å². The lowest BCUT2D eigenvalue weighted by atomic mass is 10.00. The summed E-state index contributed by atoms with van der Waals surface area (Å²) in [4.78, 5) is 0. The van der Waals surface area contributed by atoms with Gasteiger partial charge in [0.25, 0.3) is 0 Å². The maximum absolute atomic E-state index is 9.82. The van der Waals surface area contributed by atoms with Gasteiger partial charge in [0.2, 0.25) is 0 Å². The van der Waals surface area contributed by atoms with Gasteiger partial charge in [-0.25, -0.2) is 5.01 Å². The number of piperidine rings is 1. The summed E-state index contributed by atoms with van der Waals surface area (Å²) < 4.78 is 0. The van der Waals surface area contributed by atoms with Crippen LogP contribution in [0.2, 0.25) is 0 Å². The fraction of sp³-hybridized carbons (Fsp3) is 0.467. The van der Waals surface area contributed by atoms with E-state index in [2.05, 4.69) is 30.9 Å². The van der Waals surface area contributed by atoms with Crippen LogP contribution in [0.15, 0.2) is 30.8 Å². The predicted octanol–water partition coefficient (Wildman–Crippen LogP) is 3.13. The molecule has 1 aliphatic heterocycles. The summed E-state index contributed by atoms with van der Waals surface area (Å²) in [5.41, 5.74) is 4.88. The number of phenolic OH excluding ortho intramolecular Hbond substituents is 1. The van der Waals surface area contributed by atoms with E-state index in [0.29, 0.717) is 12.1 Å². The summed E-state index contributed by atoms with van der Waals surface area (Å²) in [6.07, 6.45) is 3.68. The summed E-state index contributed by atoms with van der Waals surface area (Å²) in [6, 6.07) is 8.28. The number of benzene rings is 1. The minimum absolute atomic E-state index is 0.271. The van der Waals surface area contributed by atoms with Crippen LogP contribution in [0, 0.1) is 0 Å². The first-order chi connectivity index (χ1) is 8.59. The van der Waals surface area contributed by atoms with Gasteiger partial charge in [0.1, 0.15) is 5.75 Å². The first-order valence-corrected chi connectivity index (χ1v) is 6.62. The normalized spacial score (nSPS) is 24.8. The van der Waals surface area contributed by atoms with Crippen LogP contribution in [0.1, 0.15) is 38.7 Å². The molecule has 1 aromatic rings. The molecule has 1 aliphatic rings. The van der Waals surface area contributed by atoms with Crippen molar-refractivity contribution in [3.05, 3.63) is 36.4 Å². The molecule has 2 atom stereocenters. The third kappa shape index (κ3) is 2.67. The fourth-order valence-electron chi connectivity index (χ4n) is 2.59. The van der Waals surface area contributed by atoms with Crippen molar-refractivity contribution in [2.75, 3.05) is 0 Å². The summed E-state index contributed by atoms with van der Waals surface area (Å²) in [7, 11) is 0. The van der Waals surface area contributed by atoms with Crippen LogP contribution >= 0.6 is 0 Å². The highest BCUT2D eigenvalue weighted by molar-refractivity contribution is 5.66. The summed E-state index contributed by atoms with van der Waals surface area (Å²) in [6.45, 7) is 8.48. The minimum Gasteiger partial charge on any atom is -0.507 e. The van der Waals surface area contributed by atoms with Crippen LogP contribution in [-0.2, 0) is 0 Å². The Morgan fingerprint density at radius 2 is 1.89 bits per heavy atom. The maximum Gasteiger partial charge on any atom is 0.124 e. The van der Waals surface area contributed by atoms with Gasteiger partial charge in [-0.3, -0.25) is 0 Å². The number of hydrogen-bond donors (Lipinski definition) is 2. The Labute approximate surface area is 109 Å². The lowest BCUT2D eigenvalue weighted by Crippen LogP contribution is -2.51. The molecular weight excluding hydrogens is 224 g/mol. The van der Waals surface area contributed by atoms with Gasteiger partial charge in [-0.2, -0.15) is 0 Å². The monoisotopic (exact) mass is 246 g/mol. The van der Waals surface area contributed by atoms with Crippen molar-refractivity contribution in [3.63, 3.8) is 0 Å². The summed E-state index contributed by atoms with van der Waals surface area (Å²) >= 11 is 0. The molecule has 1 heterocycles. The number of nitrogens with zero attached hydrogens (tertiary/aromatic N) is 1. The van der Waals surface area contributed by atoms with Crippen molar-refractivity contribution in [3.8, 4) is 5.75 Å². The number of para-hydroxylation sites is 1. The Hall–Kier alpha value is -1.48. The molecule has 0 spiro atoms. The Morgan fingerprint density at radius 3 is 2.50 bits per heavy atom. The molecule has 0 aliphatic carbocycles. The second kappa shape index (κ2) is 5.44. The molecule has 0 aromatic heterocycles. The van der Waals surface area contributed by atoms with E-state index in [9.17, 15) is 5.11 Å². The van der Waals surface area contributed by atoms with E-state index in [-0.39, 0.29) is 5.75 Å². The molecule has 3 heteroatoms. The van der Waals surface area contributed by atoms with Crippen LogP contribution < -0.4 is 5.43 Å². The molecule has 0 radical (unpaired) electrons. The number of hydrazine groups is 1. The second-order valence-corrected chi connectivity index (χ2v) is 5.14. The number of rotatable bonds is 3. The van der Waals surface area contributed by atoms with Crippen molar-refractivity contribution in [2.45, 2.75) is 45.2 Å². The molecular formula is C15H22N2O. The van der Waals surface area contributed by atoms with Gasteiger partial charge >= 0.3 is 0 Å². The van der Waals surface area contributed by atoms with E-state index in [0.717, 1.165) is 11.3 Å². The molecule has 0 amide bonds. The largest absolute Gasteiger partial charge is 0.507 e. The topological polar surface area (TPSA) is 35.5 Å². The second-order valence-electron chi connectivity index (χ2n) is 5.14. The molecule has 1 fully saturated rings. The van der Waals surface area contributed by atoms with Crippen LogP contribution in [0.5, 0.6) is 5.75 Å². The van der Waals surface area contributed by atoms with Gasteiger partial charge in [0, 0.05) is 17.6 Å². The molecule has 2 rings (SSSR count). The van der Waals surface area contributed by atoms with Gasteiger partial charge in [0.15, 0.2) is 0 Å². The first kappa shape index (κ1) is 13.0. The Bertz CT molecular complexity index is 420. The fourth-order valence-corrected chi connectivity index (χ4v) is 2.59. The van der Waals surface area contributed by atoms with Crippen LogP contribution in [0.25, 0.3) is 5.70 Å². The average molecular weight is 246 g/mol. The SMILES string of the molecule is C=C(NN1[C@H](C)CCC[C@@H]1C)c1ccccc1O. The third-order valence-electron chi connectivity index (χ3n) is 3.69. The molecule has 0 unspecified atom stereocenters. The van der Waals surface area contributed by atoms with Crippen LogP contribution in [-0.4, -0.2) is 22.2 Å². The highest BCUT2D eigenvalue weighted by Gasteiger charge is 2.25. The number of hydrogen-bond acceptors (Lipinski definition) is 3. The van der Waals surface area contributed by atoms with E-state index in [1.54, 1.807) is 6.07 Å². The quantitative estimate of drug-likeness (QED) is 0.860. The average Bonchev–Trinajstić information content (AvgIpc) is 2.34. The number of nitrogens with one attached hydrogen (secondary N) is 1. The Balaban J connectivity index is 2.09. The highest BCUT2D eigenvalue weighted by Crippen LogP contribution is 2.25. The minimum atomic E-state index is 0.271. The third-order valence-corrected chi connectivity index (χ3v) is 3.69. The van der Waals surface area contributed by atoms with E-state index >= 15 is 0 Å². The molecule has 2 N–H and O–H groups in total. The molecule has 0 bridgehead atoms. The van der Waals surface area contributed by atoms with E-state index in [4.69, 9.17) is 0 Å². The van der Waals surface area contributed by atoms with Crippen molar-refractivity contribution in [2.24, 2.45) is 0 Å². The molecule has 1 saturated heterocycles. The van der Waals surface area contributed by atoms with Gasteiger partial charge in [-0.15, -0.1) is 0 Å². The lowest BCUT2D eigenvalue weighted by Gasteiger charge is -2.40. The van der Waals surface area contributed by atoms with Crippen molar-refractivity contribution >= 4 is 5.70 Å². The van der Waals surface area contributed by atoms with Gasteiger partial charge in [0.05, 0.1) is 5.70 Å². The molecule has 0 saturated carbocycles. The van der Waals surface area contributed by atoms with Crippen molar-refractivity contribution < 1.29 is 5.11 Å². The zero-order valence-corrected chi connectivity index (χ0v) is 11.2. The van der Waals surface area contributed by atoms with E-state index in [1.807, 2.05) is 18.2 Å². The summed E-state index contributed by atoms with van der Waals surface area (Å²) in [5.74, 6) is 0.271. The maximum atomic E-state index is 9.82. The van der Waals surface area contributed by atoms with Crippen LogP contribution in [0.3, 0.4) is 0 Å². The van der Waals surface area contributed by atoms with Gasteiger partial charge in [-0.1, -0.05) is 25.1 Å². The zero-order chi connectivity index (χ0) is 13.1. The predicted molar refractivity (Wildman–Crippen MR) is 74.9 cm³/mol. The standard InChI is InChI=1S/C15H22N2O/c1-11-7-6-8-12(2)17(11)16-13(3)14-9-4-5-10-15(14)18/h4-5,9-12,16,18H,3,6-8H2,1-2H3/t11-,12+. The molecule has 98 valence electrons. The Kier molecular flexibility index (Phi) is 3.92. The number of phenols is 1. The first-order valence-electron chi connectivity index (χ1n) is 6.62. The lowest BCUT2D eigenvalue weighted by molar-refractivity contribution is 0.0700. The molecule has 3 nitrogen and oxygen atoms in total. The van der Waals surface area contributed by atoms with Gasteiger partial charge < -0.3 is 10.5 Å². The Morgan fingerprint density at radius 1 is 1.28 bits per heavy atom. The smallest absolute Gasteiger partial charge is 0.124 e.